The van der Waals surface area contributed by atoms with Crippen LogP contribution in [0.4, 0.5) is 0 Å². The molecule has 5 nitrogen and oxygen atoms in total. The second-order valence-corrected chi connectivity index (χ2v) is 6.50. The first-order valence-electron chi connectivity index (χ1n) is 8.02. The topological polar surface area (TPSA) is 47.6 Å². The highest BCUT2D eigenvalue weighted by Crippen LogP contribution is 2.20. The van der Waals surface area contributed by atoms with E-state index < -0.39 is 0 Å². The minimum absolute atomic E-state index is 0.00963. The average molecular weight is 282 g/mol. The Morgan fingerprint density at radius 2 is 2.00 bits per heavy atom. The van der Waals surface area contributed by atoms with Gasteiger partial charge in [0, 0.05) is 39.3 Å². The first-order chi connectivity index (χ1) is 9.61. The van der Waals surface area contributed by atoms with E-state index in [0.717, 1.165) is 25.6 Å². The number of carbonyl (C=O) groups excluding carboxylic acids is 1. The Bertz CT molecular complexity index is 313. The number of likely N-dealkylation sites (N-methyl/N-ethyl adjacent to an activating group) is 1. The van der Waals surface area contributed by atoms with Crippen LogP contribution in [0.25, 0.3) is 0 Å². The molecule has 0 saturated carbocycles. The maximum atomic E-state index is 12.0. The maximum absolute atomic E-state index is 12.0. The molecular weight excluding hydrogens is 252 g/mol. The van der Waals surface area contributed by atoms with Crippen LogP contribution >= 0.6 is 0 Å². The van der Waals surface area contributed by atoms with Gasteiger partial charge < -0.3 is 15.5 Å². The molecule has 116 valence electrons. The monoisotopic (exact) mass is 282 g/mol. The number of piperidine rings is 1. The van der Waals surface area contributed by atoms with Crippen molar-refractivity contribution in [2.24, 2.45) is 5.92 Å². The molecule has 0 radical (unpaired) electrons. The van der Waals surface area contributed by atoms with Crippen LogP contribution in [0.5, 0.6) is 0 Å². The van der Waals surface area contributed by atoms with Gasteiger partial charge in [-0.05, 0) is 31.8 Å². The third-order valence-corrected chi connectivity index (χ3v) is 4.48. The van der Waals surface area contributed by atoms with Crippen molar-refractivity contribution in [3.05, 3.63) is 0 Å². The van der Waals surface area contributed by atoms with Gasteiger partial charge in [-0.2, -0.15) is 0 Å². The summed E-state index contributed by atoms with van der Waals surface area (Å²) >= 11 is 0. The summed E-state index contributed by atoms with van der Waals surface area (Å²) in [4.78, 5) is 17.0. The summed E-state index contributed by atoms with van der Waals surface area (Å²) in [6.07, 6.45) is 2.39. The standard InChI is InChI=1S/C15H30N4O/c1-12(2)11-18-7-4-13(5-8-18)19-9-6-17-10-14(19)15(20)16-3/h12-14,17H,4-11H2,1-3H3,(H,16,20). The first kappa shape index (κ1) is 15.7. The van der Waals surface area contributed by atoms with E-state index in [1.54, 1.807) is 7.05 Å². The van der Waals surface area contributed by atoms with Crippen LogP contribution in [-0.4, -0.2) is 74.1 Å². The normalized spacial score (nSPS) is 26.9. The van der Waals surface area contributed by atoms with E-state index in [-0.39, 0.29) is 11.9 Å². The molecule has 0 aromatic carbocycles. The number of nitrogens with one attached hydrogen (secondary N) is 2. The molecule has 0 aliphatic carbocycles. The number of amides is 1. The minimum Gasteiger partial charge on any atom is -0.358 e. The van der Waals surface area contributed by atoms with Crippen LogP contribution in [0.1, 0.15) is 26.7 Å². The Hall–Kier alpha value is -0.650. The van der Waals surface area contributed by atoms with Crippen molar-refractivity contribution in [1.29, 1.82) is 0 Å². The predicted molar refractivity (Wildman–Crippen MR) is 81.7 cm³/mol. The summed E-state index contributed by atoms with van der Waals surface area (Å²) in [6, 6.07) is 0.582. The molecule has 2 saturated heterocycles. The molecule has 2 aliphatic rings. The quantitative estimate of drug-likeness (QED) is 0.769. The summed E-state index contributed by atoms with van der Waals surface area (Å²) in [6.45, 7) is 10.9. The van der Waals surface area contributed by atoms with Crippen LogP contribution in [-0.2, 0) is 4.79 Å². The van der Waals surface area contributed by atoms with Gasteiger partial charge in [0.15, 0.2) is 0 Å². The number of nitrogens with zero attached hydrogens (tertiary/aromatic N) is 2. The van der Waals surface area contributed by atoms with Crippen molar-refractivity contribution >= 4 is 5.91 Å². The Morgan fingerprint density at radius 3 is 2.60 bits per heavy atom. The zero-order valence-corrected chi connectivity index (χ0v) is 13.2. The van der Waals surface area contributed by atoms with Crippen LogP contribution < -0.4 is 10.6 Å². The summed E-state index contributed by atoms with van der Waals surface area (Å²) < 4.78 is 0. The van der Waals surface area contributed by atoms with Crippen molar-refractivity contribution < 1.29 is 4.79 Å². The number of hydrogen-bond donors (Lipinski definition) is 2. The Morgan fingerprint density at radius 1 is 1.30 bits per heavy atom. The van der Waals surface area contributed by atoms with Crippen molar-refractivity contribution in [3.8, 4) is 0 Å². The molecule has 0 aromatic rings. The summed E-state index contributed by atoms with van der Waals surface area (Å²) in [5.74, 6) is 0.895. The van der Waals surface area contributed by atoms with Gasteiger partial charge in [-0.3, -0.25) is 9.69 Å². The highest BCUT2D eigenvalue weighted by molar-refractivity contribution is 5.81. The Labute approximate surface area is 123 Å². The highest BCUT2D eigenvalue weighted by atomic mass is 16.2. The van der Waals surface area contributed by atoms with Crippen molar-refractivity contribution in [2.75, 3.05) is 46.3 Å². The van der Waals surface area contributed by atoms with Gasteiger partial charge in [-0.1, -0.05) is 13.8 Å². The molecule has 1 atom stereocenters. The summed E-state index contributed by atoms with van der Waals surface area (Å²) in [5, 5.41) is 6.15. The van der Waals surface area contributed by atoms with Gasteiger partial charge in [-0.15, -0.1) is 0 Å². The lowest BCUT2D eigenvalue weighted by Gasteiger charge is -2.44. The fraction of sp³-hybridized carbons (Fsp3) is 0.933. The van der Waals surface area contributed by atoms with Gasteiger partial charge in [0.05, 0.1) is 0 Å². The third-order valence-electron chi connectivity index (χ3n) is 4.48. The maximum Gasteiger partial charge on any atom is 0.238 e. The third kappa shape index (κ3) is 3.93. The molecule has 1 unspecified atom stereocenters. The fourth-order valence-corrected chi connectivity index (χ4v) is 3.52. The van der Waals surface area contributed by atoms with Gasteiger partial charge in [0.1, 0.15) is 6.04 Å². The van der Waals surface area contributed by atoms with E-state index in [0.29, 0.717) is 6.04 Å². The zero-order valence-electron chi connectivity index (χ0n) is 13.2. The molecule has 0 aromatic heterocycles. The van der Waals surface area contributed by atoms with Gasteiger partial charge >= 0.3 is 0 Å². The van der Waals surface area contributed by atoms with E-state index in [4.69, 9.17) is 0 Å². The Kier molecular flexibility index (Phi) is 5.81. The molecule has 2 rings (SSSR count). The van der Waals surface area contributed by atoms with Gasteiger partial charge in [0.25, 0.3) is 0 Å². The number of rotatable bonds is 4. The van der Waals surface area contributed by atoms with Crippen LogP contribution in [0.2, 0.25) is 0 Å². The lowest BCUT2D eigenvalue weighted by Crippen LogP contribution is -2.61. The van der Waals surface area contributed by atoms with Gasteiger partial charge in [0.2, 0.25) is 5.91 Å². The van der Waals surface area contributed by atoms with Crippen molar-refractivity contribution in [1.82, 2.24) is 20.4 Å². The largest absolute Gasteiger partial charge is 0.358 e. The molecule has 0 bridgehead atoms. The lowest BCUT2D eigenvalue weighted by molar-refractivity contribution is -0.128. The minimum atomic E-state index is 0.00963. The second-order valence-electron chi connectivity index (χ2n) is 6.50. The number of piperazine rings is 1. The van der Waals surface area contributed by atoms with Crippen LogP contribution in [0.15, 0.2) is 0 Å². The van der Waals surface area contributed by atoms with E-state index in [1.807, 2.05) is 0 Å². The molecule has 5 heteroatoms. The average Bonchev–Trinajstić information content (AvgIpc) is 2.46. The SMILES string of the molecule is CNC(=O)C1CNCCN1C1CCN(CC(C)C)CC1. The van der Waals surface area contributed by atoms with E-state index in [1.165, 1.54) is 32.5 Å². The summed E-state index contributed by atoms with van der Waals surface area (Å²) in [5.41, 5.74) is 0. The van der Waals surface area contributed by atoms with Crippen molar-refractivity contribution in [2.45, 2.75) is 38.8 Å². The highest BCUT2D eigenvalue weighted by Gasteiger charge is 2.34. The predicted octanol–water partition coefficient (Wildman–Crippen LogP) is 0.127. The molecule has 2 heterocycles. The first-order valence-corrected chi connectivity index (χ1v) is 8.02. The van der Waals surface area contributed by atoms with Crippen LogP contribution in [0, 0.1) is 5.92 Å². The van der Waals surface area contributed by atoms with E-state index >= 15 is 0 Å². The van der Waals surface area contributed by atoms with Crippen LogP contribution in [0.3, 0.4) is 0 Å². The molecule has 0 spiro atoms. The number of hydrogen-bond acceptors (Lipinski definition) is 4. The Balaban J connectivity index is 1.89. The van der Waals surface area contributed by atoms with Gasteiger partial charge in [-0.25, -0.2) is 0 Å². The fourth-order valence-electron chi connectivity index (χ4n) is 3.52. The molecule has 1 amide bonds. The summed E-state index contributed by atoms with van der Waals surface area (Å²) in [7, 11) is 1.74. The van der Waals surface area contributed by atoms with E-state index in [9.17, 15) is 4.79 Å². The molecule has 20 heavy (non-hydrogen) atoms. The lowest BCUT2D eigenvalue weighted by atomic mass is 9.98. The van der Waals surface area contributed by atoms with E-state index in [2.05, 4.69) is 34.3 Å². The smallest absolute Gasteiger partial charge is 0.238 e. The molecule has 2 aliphatic heterocycles. The molecule has 2 fully saturated rings. The number of carbonyl (C=O) groups is 1. The number of likely N-dealkylation sites (tertiary alicyclic amines) is 1. The molecular formula is C15H30N4O. The second kappa shape index (κ2) is 7.38. The van der Waals surface area contributed by atoms with Crippen molar-refractivity contribution in [3.63, 3.8) is 0 Å². The molecule has 2 N–H and O–H groups in total. The zero-order chi connectivity index (χ0) is 14.5.